The van der Waals surface area contributed by atoms with E-state index >= 15 is 0 Å². The maximum atomic E-state index is 12.8. The zero-order valence-electron chi connectivity index (χ0n) is 14.7. The number of thiophene rings is 1. The summed E-state index contributed by atoms with van der Waals surface area (Å²) in [7, 11) is 0. The van der Waals surface area contributed by atoms with Gasteiger partial charge in [-0.15, -0.1) is 11.3 Å². The van der Waals surface area contributed by atoms with Gasteiger partial charge in [-0.1, -0.05) is 36.4 Å². The van der Waals surface area contributed by atoms with Gasteiger partial charge in [-0.05, 0) is 66.6 Å². The third kappa shape index (κ3) is 2.93. The number of amides is 1. The molecule has 1 aromatic heterocycles. The molecule has 3 nitrogen and oxygen atoms in total. The minimum Gasteiger partial charge on any atom is -0.347 e. The van der Waals surface area contributed by atoms with Gasteiger partial charge in [0.15, 0.2) is 0 Å². The number of hydrogen-bond donors (Lipinski definition) is 1. The second-order valence-electron chi connectivity index (χ2n) is 7.45. The molecule has 26 heavy (non-hydrogen) atoms. The Labute approximate surface area is 157 Å². The molecule has 0 saturated carbocycles. The second-order valence-corrected chi connectivity index (χ2v) is 8.53. The van der Waals surface area contributed by atoms with E-state index in [2.05, 4.69) is 52.7 Å². The number of nitrogens with one attached hydrogen (secondary N) is 1. The Morgan fingerprint density at radius 3 is 2.54 bits per heavy atom. The first-order valence-electron chi connectivity index (χ1n) is 9.38. The lowest BCUT2D eigenvalue weighted by molar-refractivity contribution is 0.0622. The number of hydrogen-bond acceptors (Lipinski definition) is 3. The monoisotopic (exact) mass is 362 g/mol. The van der Waals surface area contributed by atoms with Crippen molar-refractivity contribution in [3.63, 3.8) is 0 Å². The van der Waals surface area contributed by atoms with E-state index in [-0.39, 0.29) is 5.91 Å². The van der Waals surface area contributed by atoms with Crippen LogP contribution in [0.3, 0.4) is 0 Å². The highest BCUT2D eigenvalue weighted by Crippen LogP contribution is 2.31. The van der Waals surface area contributed by atoms with Crippen LogP contribution in [0, 0.1) is 5.92 Å². The summed E-state index contributed by atoms with van der Waals surface area (Å²) in [6.45, 7) is 3.41. The van der Waals surface area contributed by atoms with Gasteiger partial charge in [0.25, 0.3) is 5.91 Å². The summed E-state index contributed by atoms with van der Waals surface area (Å²) < 4.78 is 1.17. The zero-order chi connectivity index (χ0) is 17.5. The van der Waals surface area contributed by atoms with Crippen LogP contribution in [0.15, 0.2) is 54.6 Å². The quantitative estimate of drug-likeness (QED) is 0.749. The molecule has 132 valence electrons. The molecule has 0 aliphatic carbocycles. The molecule has 3 aromatic rings. The number of fused-ring (bicyclic) bond motifs is 4. The molecule has 3 aliphatic rings. The summed E-state index contributed by atoms with van der Waals surface area (Å²) in [6, 6.07) is 19.2. The molecule has 2 bridgehead atoms. The molecule has 3 saturated heterocycles. The van der Waals surface area contributed by atoms with E-state index in [0.717, 1.165) is 16.8 Å². The van der Waals surface area contributed by atoms with Gasteiger partial charge in [-0.2, -0.15) is 0 Å². The summed E-state index contributed by atoms with van der Waals surface area (Å²) in [4.78, 5) is 16.1. The predicted octanol–water partition coefficient (Wildman–Crippen LogP) is 4.39. The van der Waals surface area contributed by atoms with Gasteiger partial charge < -0.3 is 10.2 Å². The van der Waals surface area contributed by atoms with E-state index in [1.54, 1.807) is 11.3 Å². The molecule has 0 spiro atoms. The van der Waals surface area contributed by atoms with Crippen LogP contribution in [0.1, 0.15) is 22.5 Å². The fourth-order valence-corrected chi connectivity index (χ4v) is 5.28. The lowest BCUT2D eigenvalue weighted by Crippen LogP contribution is -2.57. The summed E-state index contributed by atoms with van der Waals surface area (Å²) in [5.74, 6) is 0.745. The van der Waals surface area contributed by atoms with E-state index in [1.807, 2.05) is 12.1 Å². The zero-order valence-corrected chi connectivity index (χ0v) is 15.5. The Kier molecular flexibility index (Phi) is 4.03. The molecule has 0 radical (unpaired) electrons. The van der Waals surface area contributed by atoms with Crippen LogP contribution >= 0.6 is 11.3 Å². The summed E-state index contributed by atoms with van der Waals surface area (Å²) in [5, 5.41) is 4.45. The lowest BCUT2D eigenvalue weighted by Gasteiger charge is -2.44. The molecule has 1 N–H and O–H groups in total. The summed E-state index contributed by atoms with van der Waals surface area (Å²) >= 11 is 1.59. The summed E-state index contributed by atoms with van der Waals surface area (Å²) in [6.07, 6.45) is 2.44. The Morgan fingerprint density at radius 1 is 1.00 bits per heavy atom. The highest BCUT2D eigenvalue weighted by atomic mass is 32.1. The first kappa shape index (κ1) is 16.0. The van der Waals surface area contributed by atoms with Crippen LogP contribution in [0.25, 0.3) is 21.2 Å². The third-order valence-electron chi connectivity index (χ3n) is 5.82. The standard InChI is InChI=1S/C22H22N2OS/c25-22(23-19-14-24-10-8-16(19)9-11-24)21-13-18-12-17(6-7-20(18)26-21)15-4-2-1-3-5-15/h1-7,12-13,16,19H,8-11,14H2,(H,23,25). The van der Waals surface area contributed by atoms with Gasteiger partial charge in [0.05, 0.1) is 4.88 Å². The first-order valence-corrected chi connectivity index (χ1v) is 10.2. The maximum absolute atomic E-state index is 12.8. The number of benzene rings is 2. The van der Waals surface area contributed by atoms with E-state index in [0.29, 0.717) is 12.0 Å². The second kappa shape index (κ2) is 6.53. The van der Waals surface area contributed by atoms with Gasteiger partial charge in [-0.3, -0.25) is 4.79 Å². The minimum atomic E-state index is 0.0891. The van der Waals surface area contributed by atoms with Gasteiger partial charge in [0.2, 0.25) is 0 Å². The SMILES string of the molecule is O=C(NC1CN2CCC1CC2)c1cc2cc(-c3ccccc3)ccc2s1. The molecule has 3 aliphatic heterocycles. The van der Waals surface area contributed by atoms with E-state index in [4.69, 9.17) is 0 Å². The van der Waals surface area contributed by atoms with Crippen LogP contribution in [0.4, 0.5) is 0 Å². The van der Waals surface area contributed by atoms with Crippen molar-refractivity contribution >= 4 is 27.3 Å². The van der Waals surface area contributed by atoms with Crippen molar-refractivity contribution in [2.24, 2.45) is 5.92 Å². The summed E-state index contributed by atoms with van der Waals surface area (Å²) in [5.41, 5.74) is 2.40. The molecule has 2 aromatic carbocycles. The van der Waals surface area contributed by atoms with Gasteiger partial charge in [0, 0.05) is 17.3 Å². The molecular formula is C22H22N2OS. The van der Waals surface area contributed by atoms with Crippen molar-refractivity contribution in [3.05, 3.63) is 59.5 Å². The average Bonchev–Trinajstić information content (AvgIpc) is 3.13. The van der Waals surface area contributed by atoms with Crippen molar-refractivity contribution in [3.8, 4) is 11.1 Å². The van der Waals surface area contributed by atoms with Gasteiger partial charge >= 0.3 is 0 Å². The fourth-order valence-electron chi connectivity index (χ4n) is 4.33. The van der Waals surface area contributed by atoms with Gasteiger partial charge in [0.1, 0.15) is 0 Å². The minimum absolute atomic E-state index is 0.0891. The Bertz CT molecular complexity index is 941. The molecule has 1 unspecified atom stereocenters. The normalized spacial score (nSPS) is 24.7. The van der Waals surface area contributed by atoms with Crippen LogP contribution in [-0.4, -0.2) is 36.5 Å². The van der Waals surface area contributed by atoms with E-state index in [1.165, 1.54) is 41.8 Å². The van der Waals surface area contributed by atoms with Gasteiger partial charge in [-0.25, -0.2) is 0 Å². The number of carbonyl (C=O) groups excluding carboxylic acids is 1. The topological polar surface area (TPSA) is 32.3 Å². The fraction of sp³-hybridized carbons (Fsp3) is 0.318. The van der Waals surface area contributed by atoms with Crippen molar-refractivity contribution in [1.29, 1.82) is 0 Å². The van der Waals surface area contributed by atoms with Crippen molar-refractivity contribution in [1.82, 2.24) is 10.2 Å². The van der Waals surface area contributed by atoms with Crippen LogP contribution in [0.2, 0.25) is 0 Å². The molecular weight excluding hydrogens is 340 g/mol. The number of rotatable bonds is 3. The number of carbonyl (C=O) groups is 1. The number of piperidine rings is 3. The molecule has 1 atom stereocenters. The van der Waals surface area contributed by atoms with Crippen LogP contribution in [-0.2, 0) is 0 Å². The molecule has 1 amide bonds. The van der Waals surface area contributed by atoms with Crippen LogP contribution in [0.5, 0.6) is 0 Å². The van der Waals surface area contributed by atoms with E-state index in [9.17, 15) is 4.79 Å². The molecule has 6 rings (SSSR count). The average molecular weight is 362 g/mol. The maximum Gasteiger partial charge on any atom is 0.261 e. The molecule has 4 heteroatoms. The first-order chi connectivity index (χ1) is 12.8. The van der Waals surface area contributed by atoms with Crippen molar-refractivity contribution in [2.75, 3.05) is 19.6 Å². The Balaban J connectivity index is 1.38. The lowest BCUT2D eigenvalue weighted by atomic mass is 9.84. The molecule has 3 fully saturated rings. The smallest absolute Gasteiger partial charge is 0.261 e. The van der Waals surface area contributed by atoms with Crippen LogP contribution < -0.4 is 5.32 Å². The van der Waals surface area contributed by atoms with Crippen molar-refractivity contribution < 1.29 is 4.79 Å². The largest absolute Gasteiger partial charge is 0.347 e. The highest BCUT2D eigenvalue weighted by molar-refractivity contribution is 7.20. The highest BCUT2D eigenvalue weighted by Gasteiger charge is 2.35. The predicted molar refractivity (Wildman–Crippen MR) is 108 cm³/mol. The van der Waals surface area contributed by atoms with Crippen molar-refractivity contribution in [2.45, 2.75) is 18.9 Å². The molecule has 4 heterocycles. The number of nitrogens with zero attached hydrogens (tertiary/aromatic N) is 1. The third-order valence-corrected chi connectivity index (χ3v) is 6.93. The Hall–Kier alpha value is -2.17. The van der Waals surface area contributed by atoms with E-state index < -0.39 is 0 Å². The Morgan fingerprint density at radius 2 is 1.81 bits per heavy atom.